The van der Waals surface area contributed by atoms with Crippen LogP contribution >= 0.6 is 0 Å². The van der Waals surface area contributed by atoms with Crippen molar-refractivity contribution in [1.29, 1.82) is 0 Å². The highest BCUT2D eigenvalue weighted by Gasteiger charge is 2.30. The van der Waals surface area contributed by atoms with Crippen LogP contribution in [0.2, 0.25) is 0 Å². The van der Waals surface area contributed by atoms with Crippen LogP contribution in [0.5, 0.6) is 5.75 Å². The average Bonchev–Trinajstić information content (AvgIpc) is 3.34. The second kappa shape index (κ2) is 8.49. The largest absolute Gasteiger partial charge is 0.481 e. The number of carbonyl (C=O) groups is 1. The highest BCUT2D eigenvalue weighted by atomic mass is 16.5. The number of morpholine rings is 1. The van der Waals surface area contributed by atoms with E-state index < -0.39 is 6.10 Å². The van der Waals surface area contributed by atoms with Crippen molar-refractivity contribution < 1.29 is 18.8 Å². The first-order chi connectivity index (χ1) is 15.3. The lowest BCUT2D eigenvalue weighted by atomic mass is 10.2. The Balaban J connectivity index is 1.24. The second-order valence-electron chi connectivity index (χ2n) is 7.02. The third-order valence-electron chi connectivity index (χ3n) is 5.00. The zero-order valence-electron chi connectivity index (χ0n) is 16.5. The number of benzene rings is 1. The summed E-state index contributed by atoms with van der Waals surface area (Å²) in [5.74, 6) is 1.19. The smallest absolute Gasteiger partial charge is 0.260 e. The average molecular weight is 417 g/mol. The van der Waals surface area contributed by atoms with Gasteiger partial charge in [0.1, 0.15) is 11.3 Å². The number of hydrogen-bond acceptors (Lipinski definition) is 8. The van der Waals surface area contributed by atoms with Crippen molar-refractivity contribution in [2.75, 3.05) is 26.3 Å². The topological polar surface area (TPSA) is 103 Å². The summed E-state index contributed by atoms with van der Waals surface area (Å²) >= 11 is 0. The second-order valence-corrected chi connectivity index (χ2v) is 7.02. The molecule has 156 valence electrons. The number of fused-ring (bicyclic) bond motifs is 1. The predicted molar refractivity (Wildman–Crippen MR) is 110 cm³/mol. The Labute approximate surface area is 177 Å². The maximum atomic E-state index is 12.8. The SMILES string of the molecule is O=C(COc1cccc2cccnc12)N1CCO[C@@H](c2nc(-c3cccnc3)no2)C1. The fourth-order valence-corrected chi connectivity index (χ4v) is 3.43. The number of carbonyl (C=O) groups excluding carboxylic acids is 1. The van der Waals surface area contributed by atoms with Crippen LogP contribution in [0.25, 0.3) is 22.3 Å². The minimum atomic E-state index is -0.491. The third-order valence-corrected chi connectivity index (χ3v) is 5.00. The van der Waals surface area contributed by atoms with Crippen LogP contribution in [0, 0.1) is 0 Å². The summed E-state index contributed by atoms with van der Waals surface area (Å²) in [4.78, 5) is 27.3. The van der Waals surface area contributed by atoms with E-state index in [0.717, 1.165) is 16.5 Å². The Morgan fingerprint density at radius 2 is 2.06 bits per heavy atom. The Morgan fingerprint density at radius 3 is 2.97 bits per heavy atom. The van der Waals surface area contributed by atoms with Gasteiger partial charge in [-0.1, -0.05) is 23.4 Å². The quantitative estimate of drug-likeness (QED) is 0.488. The first-order valence-corrected chi connectivity index (χ1v) is 9.88. The fourth-order valence-electron chi connectivity index (χ4n) is 3.43. The normalized spacial score (nSPS) is 16.4. The molecule has 1 aromatic carbocycles. The molecule has 4 heterocycles. The number of rotatable bonds is 5. The maximum Gasteiger partial charge on any atom is 0.260 e. The van der Waals surface area contributed by atoms with E-state index in [1.165, 1.54) is 0 Å². The molecular weight excluding hydrogens is 398 g/mol. The number of aromatic nitrogens is 4. The van der Waals surface area contributed by atoms with Crippen LogP contribution in [0.15, 0.2) is 65.6 Å². The van der Waals surface area contributed by atoms with Crippen molar-refractivity contribution in [1.82, 2.24) is 25.0 Å². The first-order valence-electron chi connectivity index (χ1n) is 9.88. The van der Waals surface area contributed by atoms with E-state index in [4.69, 9.17) is 14.0 Å². The zero-order valence-corrected chi connectivity index (χ0v) is 16.5. The molecule has 0 saturated carbocycles. The number of ether oxygens (including phenoxy) is 2. The van der Waals surface area contributed by atoms with Gasteiger partial charge in [0, 0.05) is 36.1 Å². The Kier molecular flexibility index (Phi) is 5.24. The van der Waals surface area contributed by atoms with E-state index in [1.54, 1.807) is 29.6 Å². The van der Waals surface area contributed by atoms with Crippen LogP contribution in [-0.2, 0) is 9.53 Å². The molecule has 0 aliphatic carbocycles. The molecule has 0 spiro atoms. The van der Waals surface area contributed by atoms with E-state index >= 15 is 0 Å². The van der Waals surface area contributed by atoms with Crippen molar-refractivity contribution in [3.8, 4) is 17.1 Å². The van der Waals surface area contributed by atoms with Gasteiger partial charge in [-0.3, -0.25) is 14.8 Å². The van der Waals surface area contributed by atoms with Crippen molar-refractivity contribution in [2.24, 2.45) is 0 Å². The molecule has 1 atom stereocenters. The Bertz CT molecular complexity index is 1190. The molecule has 0 unspecified atom stereocenters. The molecule has 1 aliphatic rings. The molecule has 1 aliphatic heterocycles. The maximum absolute atomic E-state index is 12.8. The fraction of sp³-hybridized carbons (Fsp3) is 0.227. The zero-order chi connectivity index (χ0) is 21.0. The minimum Gasteiger partial charge on any atom is -0.481 e. The Hall–Kier alpha value is -3.85. The molecule has 31 heavy (non-hydrogen) atoms. The lowest BCUT2D eigenvalue weighted by molar-refractivity contribution is -0.142. The summed E-state index contributed by atoms with van der Waals surface area (Å²) in [6, 6.07) is 13.1. The molecule has 9 nitrogen and oxygen atoms in total. The lowest BCUT2D eigenvalue weighted by Gasteiger charge is -2.31. The molecular formula is C22H19N5O4. The highest BCUT2D eigenvalue weighted by molar-refractivity contribution is 5.85. The van der Waals surface area contributed by atoms with Crippen LogP contribution in [0.3, 0.4) is 0 Å². The van der Waals surface area contributed by atoms with Gasteiger partial charge in [0.25, 0.3) is 11.8 Å². The van der Waals surface area contributed by atoms with E-state index in [1.807, 2.05) is 36.4 Å². The number of nitrogens with zero attached hydrogens (tertiary/aromatic N) is 5. The van der Waals surface area contributed by atoms with Gasteiger partial charge in [0.15, 0.2) is 12.7 Å². The first kappa shape index (κ1) is 19.1. The molecule has 4 aromatic rings. The summed E-state index contributed by atoms with van der Waals surface area (Å²) < 4.78 is 16.9. The van der Waals surface area contributed by atoms with E-state index in [9.17, 15) is 4.79 Å². The number of pyridine rings is 2. The van der Waals surface area contributed by atoms with Crippen LogP contribution in [-0.4, -0.2) is 57.2 Å². The standard InChI is InChI=1S/C22H19N5O4/c28-19(14-30-17-7-1-4-15-5-3-9-24-20(15)17)27-10-11-29-18(13-27)22-25-21(26-31-22)16-6-2-8-23-12-16/h1-9,12,18H,10-11,13-14H2/t18-/m1/s1. The molecule has 5 rings (SSSR count). The van der Waals surface area contributed by atoms with Gasteiger partial charge >= 0.3 is 0 Å². The summed E-state index contributed by atoms with van der Waals surface area (Å²) in [5, 5.41) is 4.95. The molecule has 1 fully saturated rings. The molecule has 1 amide bonds. The third kappa shape index (κ3) is 4.08. The van der Waals surface area contributed by atoms with Gasteiger partial charge in [-0.15, -0.1) is 0 Å². The summed E-state index contributed by atoms with van der Waals surface area (Å²) in [7, 11) is 0. The summed E-state index contributed by atoms with van der Waals surface area (Å²) in [5.41, 5.74) is 1.48. The minimum absolute atomic E-state index is 0.0901. The number of amides is 1. The van der Waals surface area contributed by atoms with Crippen LogP contribution in [0.4, 0.5) is 0 Å². The van der Waals surface area contributed by atoms with Crippen molar-refractivity contribution in [2.45, 2.75) is 6.10 Å². The number of para-hydroxylation sites is 1. The number of hydrogen-bond donors (Lipinski definition) is 0. The summed E-state index contributed by atoms with van der Waals surface area (Å²) in [6.45, 7) is 1.06. The van der Waals surface area contributed by atoms with Gasteiger partial charge in [0.05, 0.1) is 13.2 Å². The van der Waals surface area contributed by atoms with E-state index in [-0.39, 0.29) is 12.5 Å². The monoisotopic (exact) mass is 417 g/mol. The van der Waals surface area contributed by atoms with E-state index in [0.29, 0.717) is 37.2 Å². The molecule has 0 N–H and O–H groups in total. The van der Waals surface area contributed by atoms with Gasteiger partial charge in [-0.05, 0) is 24.3 Å². The Morgan fingerprint density at radius 1 is 1.16 bits per heavy atom. The van der Waals surface area contributed by atoms with Gasteiger partial charge < -0.3 is 18.9 Å². The molecule has 9 heteroatoms. The molecule has 0 radical (unpaired) electrons. The summed E-state index contributed by atoms with van der Waals surface area (Å²) in [6.07, 6.45) is 4.54. The molecule has 3 aromatic heterocycles. The predicted octanol–water partition coefficient (Wildman–Crippen LogP) is 2.66. The lowest BCUT2D eigenvalue weighted by Crippen LogP contribution is -2.44. The van der Waals surface area contributed by atoms with Gasteiger partial charge in [0.2, 0.25) is 5.82 Å². The van der Waals surface area contributed by atoms with Crippen LogP contribution < -0.4 is 4.74 Å². The van der Waals surface area contributed by atoms with Crippen LogP contribution in [0.1, 0.15) is 12.0 Å². The van der Waals surface area contributed by atoms with Crippen molar-refractivity contribution in [3.05, 3.63) is 66.9 Å². The van der Waals surface area contributed by atoms with Crippen molar-refractivity contribution in [3.63, 3.8) is 0 Å². The van der Waals surface area contributed by atoms with Crippen molar-refractivity contribution >= 4 is 16.8 Å². The van der Waals surface area contributed by atoms with E-state index in [2.05, 4.69) is 20.1 Å². The highest BCUT2D eigenvalue weighted by Crippen LogP contribution is 2.25. The molecule has 0 bridgehead atoms. The van der Waals surface area contributed by atoms with Gasteiger partial charge in [-0.2, -0.15) is 4.98 Å². The molecule has 1 saturated heterocycles. The van der Waals surface area contributed by atoms with Gasteiger partial charge in [-0.25, -0.2) is 0 Å².